The van der Waals surface area contributed by atoms with Crippen LogP contribution < -0.4 is 14.8 Å². The maximum Gasteiger partial charge on any atom is 0.142 e. The van der Waals surface area contributed by atoms with E-state index in [1.54, 1.807) is 20.3 Å². The first-order chi connectivity index (χ1) is 10.0. The van der Waals surface area contributed by atoms with E-state index in [0.29, 0.717) is 0 Å². The van der Waals surface area contributed by atoms with E-state index in [2.05, 4.69) is 21.2 Å². The molecule has 0 heterocycles. The Bertz CT molecular complexity index is 634. The lowest BCUT2D eigenvalue weighted by molar-refractivity contribution is 0.404. The molecular formula is C16H17BrFNO2. The first-order valence-corrected chi connectivity index (χ1v) is 7.28. The topological polar surface area (TPSA) is 30.5 Å². The summed E-state index contributed by atoms with van der Waals surface area (Å²) in [5.74, 6) is 1.20. The standard InChI is InChI=1S/C16H17BrFNO2/c1-10(13-6-4-11(18)8-14(13)17)19-15-9-12(20-2)5-7-16(15)21-3/h4-10,19H,1-3H3. The molecule has 2 aromatic carbocycles. The van der Waals surface area contributed by atoms with Gasteiger partial charge < -0.3 is 14.8 Å². The lowest BCUT2D eigenvalue weighted by Crippen LogP contribution is -2.08. The third-order valence-electron chi connectivity index (χ3n) is 3.21. The Morgan fingerprint density at radius 1 is 1.10 bits per heavy atom. The van der Waals surface area contributed by atoms with Gasteiger partial charge in [0.05, 0.1) is 19.9 Å². The van der Waals surface area contributed by atoms with E-state index in [-0.39, 0.29) is 11.9 Å². The average molecular weight is 354 g/mol. The highest BCUT2D eigenvalue weighted by Gasteiger charge is 2.13. The minimum absolute atomic E-state index is 0.0269. The molecule has 2 aromatic rings. The van der Waals surface area contributed by atoms with Crippen LogP contribution in [0.3, 0.4) is 0 Å². The fraction of sp³-hybridized carbons (Fsp3) is 0.250. The summed E-state index contributed by atoms with van der Waals surface area (Å²) in [6, 6.07) is 10.2. The second-order valence-corrected chi connectivity index (χ2v) is 5.45. The SMILES string of the molecule is COc1ccc(OC)c(NC(C)c2ccc(F)cc2Br)c1. The molecule has 0 spiro atoms. The van der Waals surface area contributed by atoms with Crippen molar-refractivity contribution in [2.75, 3.05) is 19.5 Å². The van der Waals surface area contributed by atoms with Crippen molar-refractivity contribution >= 4 is 21.6 Å². The monoisotopic (exact) mass is 353 g/mol. The van der Waals surface area contributed by atoms with Crippen LogP contribution in [-0.2, 0) is 0 Å². The predicted octanol–water partition coefficient (Wildman–Crippen LogP) is 4.78. The number of nitrogens with one attached hydrogen (secondary N) is 1. The largest absolute Gasteiger partial charge is 0.497 e. The van der Waals surface area contributed by atoms with Crippen molar-refractivity contribution in [3.8, 4) is 11.5 Å². The summed E-state index contributed by atoms with van der Waals surface area (Å²) < 4.78 is 24.5. The summed E-state index contributed by atoms with van der Waals surface area (Å²) in [5, 5.41) is 3.36. The Balaban J connectivity index is 2.28. The Morgan fingerprint density at radius 3 is 2.48 bits per heavy atom. The number of methoxy groups -OCH3 is 2. The first-order valence-electron chi connectivity index (χ1n) is 6.48. The van der Waals surface area contributed by atoms with E-state index < -0.39 is 0 Å². The molecule has 0 fully saturated rings. The van der Waals surface area contributed by atoms with Gasteiger partial charge in [-0.2, -0.15) is 0 Å². The maximum absolute atomic E-state index is 13.2. The van der Waals surface area contributed by atoms with E-state index in [0.717, 1.165) is 27.2 Å². The van der Waals surface area contributed by atoms with Crippen LogP contribution in [0, 0.1) is 5.82 Å². The third kappa shape index (κ3) is 3.67. The summed E-state index contributed by atoms with van der Waals surface area (Å²) in [6.45, 7) is 2.00. The highest BCUT2D eigenvalue weighted by Crippen LogP contribution is 2.33. The van der Waals surface area contributed by atoms with Crippen molar-refractivity contribution in [3.63, 3.8) is 0 Å². The van der Waals surface area contributed by atoms with Gasteiger partial charge in [-0.25, -0.2) is 4.39 Å². The predicted molar refractivity (Wildman–Crippen MR) is 85.7 cm³/mol. The van der Waals surface area contributed by atoms with Crippen molar-refractivity contribution in [1.29, 1.82) is 0 Å². The molecule has 1 N–H and O–H groups in total. The number of halogens is 2. The van der Waals surface area contributed by atoms with Crippen LogP contribution in [0.5, 0.6) is 11.5 Å². The quantitative estimate of drug-likeness (QED) is 0.838. The van der Waals surface area contributed by atoms with Crippen molar-refractivity contribution < 1.29 is 13.9 Å². The number of hydrogen-bond acceptors (Lipinski definition) is 3. The van der Waals surface area contributed by atoms with E-state index in [4.69, 9.17) is 9.47 Å². The van der Waals surface area contributed by atoms with E-state index in [1.165, 1.54) is 12.1 Å². The second kappa shape index (κ2) is 6.80. The lowest BCUT2D eigenvalue weighted by Gasteiger charge is -2.19. The maximum atomic E-state index is 13.2. The van der Waals surface area contributed by atoms with Gasteiger partial charge in [0.15, 0.2) is 0 Å². The minimum Gasteiger partial charge on any atom is -0.497 e. The average Bonchev–Trinajstić information content (AvgIpc) is 2.46. The summed E-state index contributed by atoms with van der Waals surface area (Å²) in [4.78, 5) is 0. The molecule has 21 heavy (non-hydrogen) atoms. The molecule has 0 radical (unpaired) electrons. The van der Waals surface area contributed by atoms with Crippen LogP contribution in [0.2, 0.25) is 0 Å². The molecule has 0 saturated heterocycles. The van der Waals surface area contributed by atoms with E-state index in [1.807, 2.05) is 25.1 Å². The summed E-state index contributed by atoms with van der Waals surface area (Å²) in [6.07, 6.45) is 0. The van der Waals surface area contributed by atoms with E-state index >= 15 is 0 Å². The molecule has 0 aromatic heterocycles. The Labute approximate surface area is 132 Å². The summed E-state index contributed by atoms with van der Waals surface area (Å²) in [5.41, 5.74) is 1.78. The van der Waals surface area contributed by atoms with Gasteiger partial charge in [-0.3, -0.25) is 0 Å². The van der Waals surface area contributed by atoms with E-state index in [9.17, 15) is 4.39 Å². The molecule has 0 saturated carbocycles. The molecule has 1 atom stereocenters. The number of benzene rings is 2. The molecule has 2 rings (SSSR count). The Kier molecular flexibility index (Phi) is 5.07. The van der Waals surface area contributed by atoms with Gasteiger partial charge in [0, 0.05) is 16.6 Å². The molecule has 1 unspecified atom stereocenters. The Hall–Kier alpha value is -1.75. The highest BCUT2D eigenvalue weighted by atomic mass is 79.9. The Morgan fingerprint density at radius 2 is 1.86 bits per heavy atom. The third-order valence-corrected chi connectivity index (χ3v) is 3.89. The van der Waals surface area contributed by atoms with Crippen molar-refractivity contribution in [3.05, 3.63) is 52.3 Å². The van der Waals surface area contributed by atoms with Gasteiger partial charge in [-0.05, 0) is 36.8 Å². The van der Waals surface area contributed by atoms with Gasteiger partial charge in [-0.1, -0.05) is 22.0 Å². The van der Waals surface area contributed by atoms with Crippen LogP contribution in [0.25, 0.3) is 0 Å². The van der Waals surface area contributed by atoms with Crippen molar-refractivity contribution in [1.82, 2.24) is 0 Å². The lowest BCUT2D eigenvalue weighted by atomic mass is 10.1. The number of rotatable bonds is 5. The molecule has 0 bridgehead atoms. The molecule has 0 aliphatic carbocycles. The van der Waals surface area contributed by atoms with Crippen LogP contribution in [-0.4, -0.2) is 14.2 Å². The van der Waals surface area contributed by atoms with Crippen molar-refractivity contribution in [2.45, 2.75) is 13.0 Å². The van der Waals surface area contributed by atoms with Gasteiger partial charge in [-0.15, -0.1) is 0 Å². The molecule has 5 heteroatoms. The molecule has 0 aliphatic rings. The fourth-order valence-electron chi connectivity index (χ4n) is 2.09. The minimum atomic E-state index is -0.267. The molecule has 3 nitrogen and oxygen atoms in total. The zero-order valence-electron chi connectivity index (χ0n) is 12.1. The fourth-order valence-corrected chi connectivity index (χ4v) is 2.78. The summed E-state index contributed by atoms with van der Waals surface area (Å²) >= 11 is 3.39. The number of anilines is 1. The van der Waals surface area contributed by atoms with Gasteiger partial charge in [0.2, 0.25) is 0 Å². The van der Waals surface area contributed by atoms with Gasteiger partial charge in [0.1, 0.15) is 17.3 Å². The summed E-state index contributed by atoms with van der Waals surface area (Å²) in [7, 11) is 3.23. The van der Waals surface area contributed by atoms with Gasteiger partial charge in [0.25, 0.3) is 0 Å². The van der Waals surface area contributed by atoms with Crippen LogP contribution in [0.15, 0.2) is 40.9 Å². The van der Waals surface area contributed by atoms with Gasteiger partial charge >= 0.3 is 0 Å². The molecule has 0 amide bonds. The zero-order valence-corrected chi connectivity index (χ0v) is 13.7. The first kappa shape index (κ1) is 15.6. The van der Waals surface area contributed by atoms with Crippen LogP contribution >= 0.6 is 15.9 Å². The highest BCUT2D eigenvalue weighted by molar-refractivity contribution is 9.10. The smallest absolute Gasteiger partial charge is 0.142 e. The number of hydrogen-bond donors (Lipinski definition) is 1. The zero-order chi connectivity index (χ0) is 15.4. The molecule has 0 aliphatic heterocycles. The van der Waals surface area contributed by atoms with Crippen molar-refractivity contribution in [2.24, 2.45) is 0 Å². The normalized spacial score (nSPS) is 11.9. The number of ether oxygens (including phenoxy) is 2. The molecular weight excluding hydrogens is 337 g/mol. The van der Waals surface area contributed by atoms with Crippen LogP contribution in [0.1, 0.15) is 18.5 Å². The molecule has 112 valence electrons. The second-order valence-electron chi connectivity index (χ2n) is 4.60. The van der Waals surface area contributed by atoms with Crippen LogP contribution in [0.4, 0.5) is 10.1 Å².